The Morgan fingerprint density at radius 3 is 2.00 bits per heavy atom. The molecule has 1 atom stereocenters. The number of hydrogen-bond donors (Lipinski definition) is 2. The van der Waals surface area contributed by atoms with E-state index in [0.717, 1.165) is 0 Å². The van der Waals surface area contributed by atoms with E-state index in [1.807, 2.05) is 6.92 Å². The lowest BCUT2D eigenvalue weighted by atomic mass is 9.98. The van der Waals surface area contributed by atoms with Gasteiger partial charge in [0.25, 0.3) is 0 Å². The number of aliphatic hydroxyl groups excluding tert-OH is 1. The molecule has 0 heterocycles. The van der Waals surface area contributed by atoms with Gasteiger partial charge in [0, 0.05) is 0 Å². The fourth-order valence-electron chi connectivity index (χ4n) is 1.21. The van der Waals surface area contributed by atoms with Gasteiger partial charge < -0.3 is 19.7 Å². The Morgan fingerprint density at radius 2 is 1.62 bits per heavy atom. The lowest BCUT2D eigenvalue weighted by Crippen LogP contribution is -2.18. The standard InChI is InChI=1S/C13H18O4.C5H10O2/c1-3-11(14)9-17-12-7-5-10(6-8-12)13(15)16-4-2;1-5(2,3)4(6)7/h5-8,11,14H,3-4,9H2,1-2H3;1-3H3,(H,6,7). The highest BCUT2D eigenvalue weighted by Gasteiger charge is 2.18. The minimum Gasteiger partial charge on any atom is -0.491 e. The quantitative estimate of drug-likeness (QED) is 0.773. The van der Waals surface area contributed by atoms with Crippen LogP contribution in [-0.4, -0.2) is 41.5 Å². The summed E-state index contributed by atoms with van der Waals surface area (Å²) in [7, 11) is 0. The first-order valence-electron chi connectivity index (χ1n) is 7.93. The van der Waals surface area contributed by atoms with Crippen LogP contribution in [0.1, 0.15) is 51.4 Å². The van der Waals surface area contributed by atoms with Crippen molar-refractivity contribution in [2.24, 2.45) is 5.41 Å². The largest absolute Gasteiger partial charge is 0.491 e. The van der Waals surface area contributed by atoms with Gasteiger partial charge in [0.05, 0.1) is 23.7 Å². The fourth-order valence-corrected chi connectivity index (χ4v) is 1.21. The van der Waals surface area contributed by atoms with Gasteiger partial charge >= 0.3 is 11.9 Å². The normalized spacial score (nSPS) is 11.8. The summed E-state index contributed by atoms with van der Waals surface area (Å²) in [5, 5.41) is 17.6. The number of carboxylic acid groups (broad SMARTS) is 1. The summed E-state index contributed by atoms with van der Waals surface area (Å²) in [6.07, 6.45) is 0.195. The summed E-state index contributed by atoms with van der Waals surface area (Å²) in [6, 6.07) is 6.67. The number of carbonyl (C=O) groups excluding carboxylic acids is 1. The second kappa shape index (κ2) is 10.6. The Labute approximate surface area is 143 Å². The zero-order chi connectivity index (χ0) is 18.8. The zero-order valence-corrected chi connectivity index (χ0v) is 15.0. The monoisotopic (exact) mass is 340 g/mol. The van der Waals surface area contributed by atoms with E-state index in [4.69, 9.17) is 14.6 Å². The van der Waals surface area contributed by atoms with E-state index in [0.29, 0.717) is 24.3 Å². The molecular formula is C18H28O6. The maximum absolute atomic E-state index is 11.4. The molecule has 1 unspecified atom stereocenters. The molecule has 0 aliphatic carbocycles. The lowest BCUT2D eigenvalue weighted by Gasteiger charge is -2.10. The van der Waals surface area contributed by atoms with Crippen LogP contribution >= 0.6 is 0 Å². The third-order valence-electron chi connectivity index (χ3n) is 2.92. The maximum atomic E-state index is 11.4. The first-order chi connectivity index (χ1) is 11.1. The van der Waals surface area contributed by atoms with Gasteiger partial charge in [0.2, 0.25) is 0 Å². The summed E-state index contributed by atoms with van der Waals surface area (Å²) in [5.74, 6) is -0.467. The molecule has 0 bridgehead atoms. The van der Waals surface area contributed by atoms with E-state index in [2.05, 4.69) is 0 Å². The van der Waals surface area contributed by atoms with Gasteiger partial charge in [-0.2, -0.15) is 0 Å². The van der Waals surface area contributed by atoms with Crippen LogP contribution in [0.4, 0.5) is 0 Å². The molecule has 0 fully saturated rings. The smallest absolute Gasteiger partial charge is 0.338 e. The molecule has 1 rings (SSSR count). The van der Waals surface area contributed by atoms with E-state index in [-0.39, 0.29) is 12.6 Å². The number of carboxylic acids is 1. The topological polar surface area (TPSA) is 93.1 Å². The Hall–Kier alpha value is -2.08. The number of benzene rings is 1. The molecule has 0 aliphatic heterocycles. The summed E-state index contributed by atoms with van der Waals surface area (Å²) in [6.45, 7) is 9.26. The Kier molecular flexibility index (Phi) is 9.73. The molecule has 0 saturated carbocycles. The molecule has 1 aromatic carbocycles. The van der Waals surface area contributed by atoms with Crippen LogP contribution in [0.25, 0.3) is 0 Å². The van der Waals surface area contributed by atoms with Crippen LogP contribution in [0, 0.1) is 5.41 Å². The molecule has 0 spiro atoms. The van der Waals surface area contributed by atoms with Gasteiger partial charge in [-0.3, -0.25) is 4.79 Å². The molecule has 6 nitrogen and oxygen atoms in total. The average molecular weight is 340 g/mol. The Bertz CT molecular complexity index is 501. The minimum atomic E-state index is -0.757. The molecule has 0 aromatic heterocycles. The average Bonchev–Trinajstić information content (AvgIpc) is 2.53. The maximum Gasteiger partial charge on any atom is 0.338 e. The van der Waals surface area contributed by atoms with Gasteiger partial charge in [0.15, 0.2) is 0 Å². The zero-order valence-electron chi connectivity index (χ0n) is 15.0. The second-order valence-corrected chi connectivity index (χ2v) is 6.17. The number of aliphatic carboxylic acids is 1. The van der Waals surface area contributed by atoms with Crippen molar-refractivity contribution in [3.8, 4) is 5.75 Å². The molecule has 136 valence electrons. The summed E-state index contributed by atoms with van der Waals surface area (Å²) in [5.41, 5.74) is -0.0877. The predicted molar refractivity (Wildman–Crippen MR) is 91.3 cm³/mol. The van der Waals surface area contributed by atoms with Crippen molar-refractivity contribution in [2.75, 3.05) is 13.2 Å². The number of ether oxygens (including phenoxy) is 2. The summed E-state index contributed by atoms with van der Waals surface area (Å²) in [4.78, 5) is 21.4. The number of carbonyl (C=O) groups is 2. The van der Waals surface area contributed by atoms with Gasteiger partial charge in [-0.1, -0.05) is 6.92 Å². The van der Waals surface area contributed by atoms with E-state index < -0.39 is 17.5 Å². The Balaban J connectivity index is 0.000000640. The summed E-state index contributed by atoms with van der Waals surface area (Å²) < 4.78 is 10.2. The van der Waals surface area contributed by atoms with E-state index in [1.54, 1.807) is 52.0 Å². The SMILES string of the molecule is CC(C)(C)C(=O)O.CCOC(=O)c1ccc(OCC(O)CC)cc1. The molecule has 0 amide bonds. The van der Waals surface area contributed by atoms with Gasteiger partial charge in [-0.25, -0.2) is 4.79 Å². The molecule has 24 heavy (non-hydrogen) atoms. The van der Waals surface area contributed by atoms with Crippen LogP contribution in [0.3, 0.4) is 0 Å². The van der Waals surface area contributed by atoms with E-state index in [1.165, 1.54) is 0 Å². The van der Waals surface area contributed by atoms with Crippen LogP contribution in [0.5, 0.6) is 5.75 Å². The van der Waals surface area contributed by atoms with Gasteiger partial charge in [0.1, 0.15) is 12.4 Å². The van der Waals surface area contributed by atoms with Crippen molar-refractivity contribution >= 4 is 11.9 Å². The third kappa shape index (κ3) is 9.15. The molecule has 6 heteroatoms. The van der Waals surface area contributed by atoms with E-state index >= 15 is 0 Å². The number of aliphatic hydroxyl groups is 1. The lowest BCUT2D eigenvalue weighted by molar-refractivity contribution is -0.145. The minimum absolute atomic E-state index is 0.259. The molecule has 1 aromatic rings. The van der Waals surface area contributed by atoms with Crippen molar-refractivity contribution in [3.05, 3.63) is 29.8 Å². The Morgan fingerprint density at radius 1 is 1.12 bits per heavy atom. The highest BCUT2D eigenvalue weighted by molar-refractivity contribution is 5.89. The number of esters is 1. The van der Waals surface area contributed by atoms with Crippen LogP contribution in [-0.2, 0) is 9.53 Å². The number of hydrogen-bond acceptors (Lipinski definition) is 5. The molecule has 2 N–H and O–H groups in total. The van der Waals surface area contributed by atoms with Crippen molar-refractivity contribution in [3.63, 3.8) is 0 Å². The van der Waals surface area contributed by atoms with Crippen LogP contribution in [0.15, 0.2) is 24.3 Å². The second-order valence-electron chi connectivity index (χ2n) is 6.17. The highest BCUT2D eigenvalue weighted by atomic mass is 16.5. The molecule has 0 radical (unpaired) electrons. The van der Waals surface area contributed by atoms with Crippen molar-refractivity contribution in [2.45, 2.75) is 47.1 Å². The third-order valence-corrected chi connectivity index (χ3v) is 2.92. The predicted octanol–water partition coefficient (Wildman–Crippen LogP) is 3.13. The van der Waals surface area contributed by atoms with Crippen molar-refractivity contribution < 1.29 is 29.3 Å². The molecule has 0 saturated heterocycles. The van der Waals surface area contributed by atoms with Crippen molar-refractivity contribution in [1.29, 1.82) is 0 Å². The molecular weight excluding hydrogens is 312 g/mol. The fraction of sp³-hybridized carbons (Fsp3) is 0.556. The molecule has 0 aliphatic rings. The van der Waals surface area contributed by atoms with Crippen LogP contribution in [0.2, 0.25) is 0 Å². The summed E-state index contributed by atoms with van der Waals surface area (Å²) >= 11 is 0. The van der Waals surface area contributed by atoms with Gasteiger partial charge in [-0.05, 0) is 58.4 Å². The van der Waals surface area contributed by atoms with E-state index in [9.17, 15) is 14.7 Å². The van der Waals surface area contributed by atoms with Gasteiger partial charge in [-0.15, -0.1) is 0 Å². The van der Waals surface area contributed by atoms with Crippen LogP contribution < -0.4 is 4.74 Å². The number of rotatable bonds is 6. The first-order valence-corrected chi connectivity index (χ1v) is 7.93. The highest BCUT2D eigenvalue weighted by Crippen LogP contribution is 2.13. The first kappa shape index (κ1) is 21.9. The van der Waals surface area contributed by atoms with Crippen molar-refractivity contribution in [1.82, 2.24) is 0 Å².